The van der Waals surface area contributed by atoms with Gasteiger partial charge < -0.3 is 20.3 Å². The maximum absolute atomic E-state index is 12.4. The maximum atomic E-state index is 12.4. The molecule has 0 fully saturated rings. The molecule has 0 heterocycles. The van der Waals surface area contributed by atoms with Crippen molar-refractivity contribution in [1.29, 1.82) is 0 Å². The van der Waals surface area contributed by atoms with E-state index >= 15 is 0 Å². The van der Waals surface area contributed by atoms with Gasteiger partial charge in [0.25, 0.3) is 0 Å². The lowest BCUT2D eigenvalue weighted by Crippen LogP contribution is -2.45. The minimum Gasteiger partial charge on any atom is -0.466 e. The lowest BCUT2D eigenvalue weighted by Gasteiger charge is -2.22. The average molecular weight is 848 g/mol. The summed E-state index contributed by atoms with van der Waals surface area (Å²) in [5, 5.41) is 23.2. The largest absolute Gasteiger partial charge is 0.466 e. The molecule has 1 amide bonds. The van der Waals surface area contributed by atoms with Crippen LogP contribution in [-0.4, -0.2) is 47.4 Å². The molecule has 0 saturated carbocycles. The molecule has 0 aromatic rings. The van der Waals surface area contributed by atoms with Gasteiger partial charge in [0.1, 0.15) is 0 Å². The summed E-state index contributed by atoms with van der Waals surface area (Å²) in [6, 6.07) is -0.543. The molecule has 0 aromatic heterocycles. The fourth-order valence-corrected chi connectivity index (χ4v) is 8.40. The van der Waals surface area contributed by atoms with Crippen LogP contribution < -0.4 is 5.32 Å². The first-order valence-corrected chi connectivity index (χ1v) is 26.9. The Morgan fingerprint density at radius 1 is 0.450 bits per heavy atom. The van der Waals surface area contributed by atoms with E-state index in [4.69, 9.17) is 4.74 Å². The highest BCUT2D eigenvalue weighted by Gasteiger charge is 2.20. The van der Waals surface area contributed by atoms with E-state index in [9.17, 15) is 19.8 Å². The first-order valence-electron chi connectivity index (χ1n) is 26.9. The van der Waals surface area contributed by atoms with Crippen molar-refractivity contribution >= 4 is 11.9 Å². The summed E-state index contributed by atoms with van der Waals surface area (Å²) in [4.78, 5) is 24.4. The number of esters is 1. The van der Waals surface area contributed by atoms with Gasteiger partial charge >= 0.3 is 5.97 Å². The number of carbonyl (C=O) groups is 2. The second-order valence-electron chi connectivity index (χ2n) is 18.6. The zero-order valence-corrected chi connectivity index (χ0v) is 40.5. The van der Waals surface area contributed by atoms with Gasteiger partial charge in [0, 0.05) is 12.8 Å². The Hall–Kier alpha value is -1.40. The zero-order chi connectivity index (χ0) is 43.7. The predicted octanol–water partition coefficient (Wildman–Crippen LogP) is 16.1. The summed E-state index contributed by atoms with van der Waals surface area (Å²) in [5.41, 5.74) is 0. The van der Waals surface area contributed by atoms with Crippen molar-refractivity contribution in [2.75, 3.05) is 13.2 Å². The van der Waals surface area contributed by atoms with E-state index in [0.29, 0.717) is 25.9 Å². The predicted molar refractivity (Wildman–Crippen MR) is 260 cm³/mol. The van der Waals surface area contributed by atoms with Crippen molar-refractivity contribution in [2.45, 2.75) is 309 Å². The Bertz CT molecular complexity index is 893. The molecule has 3 N–H and O–H groups in total. The summed E-state index contributed by atoms with van der Waals surface area (Å²) in [7, 11) is 0. The summed E-state index contributed by atoms with van der Waals surface area (Å²) in [6.45, 7) is 4.92. The van der Waals surface area contributed by atoms with Crippen molar-refractivity contribution < 1.29 is 24.5 Å². The molecule has 2 unspecified atom stereocenters. The van der Waals surface area contributed by atoms with Crippen LogP contribution in [0.5, 0.6) is 0 Å². The SMILES string of the molecule is CCCCC/C=C\CCCCCCCC(=O)OCCCCCCCCCCCCCCCCCCCCC(=O)NC(CO)C(O)CCCCCCCCCCCCCCC. The number of ether oxygens (including phenoxy) is 1. The van der Waals surface area contributed by atoms with E-state index in [1.54, 1.807) is 0 Å². The molecule has 6 nitrogen and oxygen atoms in total. The number of hydrogen-bond donors (Lipinski definition) is 3. The molecule has 0 rings (SSSR count). The molecule has 356 valence electrons. The standard InChI is InChI=1S/C54H105NO5/c1-3-5-7-9-11-13-15-23-26-30-34-38-42-46-52(57)51(50-56)55-53(58)47-43-39-35-31-27-24-21-19-17-18-20-22-25-29-33-37-41-45-49-60-54(59)48-44-40-36-32-28-16-14-12-10-8-6-4-2/h12,14,51-52,56-57H,3-11,13,15-50H2,1-2H3,(H,55,58)/b14-12-. The van der Waals surface area contributed by atoms with E-state index < -0.39 is 12.1 Å². The number of hydrogen-bond acceptors (Lipinski definition) is 5. The number of aliphatic hydroxyl groups excluding tert-OH is 2. The second-order valence-corrected chi connectivity index (χ2v) is 18.6. The van der Waals surface area contributed by atoms with Gasteiger partial charge in [-0.3, -0.25) is 9.59 Å². The monoisotopic (exact) mass is 848 g/mol. The molecule has 0 aliphatic heterocycles. The number of nitrogens with one attached hydrogen (secondary N) is 1. The van der Waals surface area contributed by atoms with Crippen molar-refractivity contribution in [1.82, 2.24) is 5.32 Å². The van der Waals surface area contributed by atoms with Gasteiger partial charge in [0.15, 0.2) is 0 Å². The Balaban J connectivity index is 3.40. The van der Waals surface area contributed by atoms with Crippen LogP contribution >= 0.6 is 0 Å². The van der Waals surface area contributed by atoms with Crippen molar-refractivity contribution in [3.8, 4) is 0 Å². The zero-order valence-electron chi connectivity index (χ0n) is 40.5. The molecular weight excluding hydrogens is 743 g/mol. The second kappa shape index (κ2) is 50.2. The molecule has 6 heteroatoms. The summed E-state index contributed by atoms with van der Waals surface area (Å²) in [6.07, 6.45) is 57.6. The minimum absolute atomic E-state index is 0.00259. The molecule has 0 aliphatic carbocycles. The lowest BCUT2D eigenvalue weighted by atomic mass is 10.0. The van der Waals surface area contributed by atoms with Gasteiger partial charge in [0.2, 0.25) is 5.91 Å². The molecule has 0 bridgehead atoms. The van der Waals surface area contributed by atoms with Gasteiger partial charge in [-0.15, -0.1) is 0 Å². The summed E-state index contributed by atoms with van der Waals surface area (Å²) in [5.74, 6) is -0.0410. The van der Waals surface area contributed by atoms with Crippen LogP contribution in [0.3, 0.4) is 0 Å². The quantitative estimate of drug-likeness (QED) is 0.0322. The number of aliphatic hydroxyl groups is 2. The number of unbranched alkanes of at least 4 members (excludes halogenated alkanes) is 37. The Morgan fingerprint density at radius 2 is 0.783 bits per heavy atom. The fourth-order valence-electron chi connectivity index (χ4n) is 8.40. The molecule has 60 heavy (non-hydrogen) atoms. The van der Waals surface area contributed by atoms with Gasteiger partial charge in [0.05, 0.1) is 25.4 Å². The Kier molecular flexibility index (Phi) is 49.1. The molecule has 0 aliphatic rings. The number of allylic oxidation sites excluding steroid dienone is 2. The molecule has 0 saturated heterocycles. The highest BCUT2D eigenvalue weighted by atomic mass is 16.5. The van der Waals surface area contributed by atoms with Crippen LogP contribution in [0, 0.1) is 0 Å². The normalized spacial score (nSPS) is 12.7. The molecule has 0 aromatic carbocycles. The highest BCUT2D eigenvalue weighted by molar-refractivity contribution is 5.76. The summed E-state index contributed by atoms with van der Waals surface area (Å²) >= 11 is 0. The van der Waals surface area contributed by atoms with E-state index in [2.05, 4.69) is 31.3 Å². The molecular formula is C54H105NO5. The van der Waals surface area contributed by atoms with Crippen LogP contribution in [0.15, 0.2) is 12.2 Å². The van der Waals surface area contributed by atoms with E-state index in [0.717, 1.165) is 44.9 Å². The van der Waals surface area contributed by atoms with Crippen LogP contribution in [0.4, 0.5) is 0 Å². The number of carbonyl (C=O) groups excluding carboxylic acids is 2. The first-order chi connectivity index (χ1) is 29.5. The maximum Gasteiger partial charge on any atom is 0.305 e. The van der Waals surface area contributed by atoms with Gasteiger partial charge in [-0.2, -0.15) is 0 Å². The molecule has 0 spiro atoms. The highest BCUT2D eigenvalue weighted by Crippen LogP contribution is 2.17. The van der Waals surface area contributed by atoms with Crippen LogP contribution in [-0.2, 0) is 14.3 Å². The molecule has 0 radical (unpaired) electrons. The topological polar surface area (TPSA) is 95.9 Å². The first kappa shape index (κ1) is 58.6. The van der Waals surface area contributed by atoms with E-state index in [1.807, 2.05) is 0 Å². The Morgan fingerprint density at radius 3 is 1.22 bits per heavy atom. The van der Waals surface area contributed by atoms with Crippen molar-refractivity contribution in [2.24, 2.45) is 0 Å². The number of amides is 1. The third-order valence-electron chi connectivity index (χ3n) is 12.6. The smallest absolute Gasteiger partial charge is 0.305 e. The average Bonchev–Trinajstić information content (AvgIpc) is 3.25. The van der Waals surface area contributed by atoms with Crippen molar-refractivity contribution in [3.05, 3.63) is 12.2 Å². The summed E-state index contributed by atoms with van der Waals surface area (Å²) < 4.78 is 5.45. The third-order valence-corrected chi connectivity index (χ3v) is 12.6. The lowest BCUT2D eigenvalue weighted by molar-refractivity contribution is -0.143. The van der Waals surface area contributed by atoms with Gasteiger partial charge in [-0.25, -0.2) is 0 Å². The third kappa shape index (κ3) is 46.1. The fraction of sp³-hybridized carbons (Fsp3) is 0.926. The van der Waals surface area contributed by atoms with Gasteiger partial charge in [-0.1, -0.05) is 244 Å². The van der Waals surface area contributed by atoms with Gasteiger partial charge in [-0.05, 0) is 51.4 Å². The Labute approximate surface area is 374 Å². The molecule has 2 atom stereocenters. The van der Waals surface area contributed by atoms with Crippen LogP contribution in [0.2, 0.25) is 0 Å². The van der Waals surface area contributed by atoms with Crippen LogP contribution in [0.1, 0.15) is 296 Å². The van der Waals surface area contributed by atoms with Crippen molar-refractivity contribution in [3.63, 3.8) is 0 Å². The van der Waals surface area contributed by atoms with E-state index in [-0.39, 0.29) is 18.5 Å². The van der Waals surface area contributed by atoms with E-state index in [1.165, 1.54) is 218 Å². The minimum atomic E-state index is -0.665. The van der Waals surface area contributed by atoms with Crippen LogP contribution in [0.25, 0.3) is 0 Å². The number of rotatable bonds is 50.